The third kappa shape index (κ3) is 1.83. The summed E-state index contributed by atoms with van der Waals surface area (Å²) in [6, 6.07) is 0. The van der Waals surface area contributed by atoms with Crippen molar-refractivity contribution < 1.29 is 18.0 Å². The van der Waals surface area contributed by atoms with Crippen LogP contribution in [0.2, 0.25) is 0 Å². The predicted octanol–water partition coefficient (Wildman–Crippen LogP) is 1.22. The maximum atomic E-state index is 11.6. The first-order valence-electron chi connectivity index (χ1n) is 2.26. The van der Waals surface area contributed by atoms with E-state index in [1.165, 1.54) is 0 Å². The van der Waals surface area contributed by atoms with Crippen LogP contribution in [0.1, 0.15) is 13.8 Å². The van der Waals surface area contributed by atoms with Crippen molar-refractivity contribution in [1.29, 1.82) is 0 Å². The summed E-state index contributed by atoms with van der Waals surface area (Å²) in [6.07, 6.45) is -4.40. The van der Waals surface area contributed by atoms with Gasteiger partial charge in [-0.15, -0.1) is 0 Å². The zero-order chi connectivity index (χ0) is 7.71. The lowest BCUT2D eigenvalue weighted by molar-refractivity contribution is -0.265. The first-order chi connectivity index (χ1) is 3.81. The van der Waals surface area contributed by atoms with Crippen LogP contribution in [0.4, 0.5) is 13.2 Å². The lowest BCUT2D eigenvalue weighted by Gasteiger charge is -2.24. The fourth-order valence-corrected chi connectivity index (χ4v) is 0.0668. The van der Waals surface area contributed by atoms with Crippen LogP contribution in [0.3, 0.4) is 0 Å². The van der Waals surface area contributed by atoms with E-state index < -0.39 is 11.8 Å². The topological polar surface area (TPSA) is 35.2 Å². The van der Waals surface area contributed by atoms with E-state index in [0.29, 0.717) is 0 Å². The monoisotopic (exact) mass is 143 g/mol. The average molecular weight is 143 g/mol. The molecule has 0 aromatic rings. The third-order valence-corrected chi connectivity index (χ3v) is 0.977. The molecule has 0 amide bonds. The van der Waals surface area contributed by atoms with Gasteiger partial charge in [0.15, 0.2) is 5.60 Å². The number of rotatable bonds is 1. The Bertz CT molecular complexity index is 98.5. The van der Waals surface area contributed by atoms with Crippen LogP contribution < -0.4 is 5.90 Å². The van der Waals surface area contributed by atoms with Gasteiger partial charge in [-0.1, -0.05) is 0 Å². The molecule has 0 aromatic carbocycles. The van der Waals surface area contributed by atoms with Crippen molar-refractivity contribution in [3.63, 3.8) is 0 Å². The van der Waals surface area contributed by atoms with Crippen LogP contribution in [0.15, 0.2) is 0 Å². The maximum absolute atomic E-state index is 11.6. The van der Waals surface area contributed by atoms with Gasteiger partial charge in [0.05, 0.1) is 0 Å². The van der Waals surface area contributed by atoms with Gasteiger partial charge in [-0.3, -0.25) is 4.84 Å². The van der Waals surface area contributed by atoms with Crippen molar-refractivity contribution in [2.45, 2.75) is 25.6 Å². The van der Waals surface area contributed by atoms with E-state index >= 15 is 0 Å². The van der Waals surface area contributed by atoms with E-state index in [0.717, 1.165) is 13.8 Å². The van der Waals surface area contributed by atoms with E-state index in [4.69, 9.17) is 0 Å². The van der Waals surface area contributed by atoms with Crippen molar-refractivity contribution >= 4 is 0 Å². The zero-order valence-corrected chi connectivity index (χ0v) is 5.12. The van der Waals surface area contributed by atoms with Gasteiger partial charge in [0, 0.05) is 0 Å². The Kier molecular flexibility index (Phi) is 2.08. The molecule has 0 bridgehead atoms. The van der Waals surface area contributed by atoms with E-state index in [1.807, 2.05) is 0 Å². The summed E-state index contributed by atoms with van der Waals surface area (Å²) >= 11 is 0. The van der Waals surface area contributed by atoms with Gasteiger partial charge in [-0.25, -0.2) is 5.90 Å². The minimum atomic E-state index is -4.40. The van der Waals surface area contributed by atoms with Gasteiger partial charge in [-0.2, -0.15) is 13.2 Å². The third-order valence-electron chi connectivity index (χ3n) is 0.977. The molecular weight excluding hydrogens is 135 g/mol. The van der Waals surface area contributed by atoms with Crippen LogP contribution in [-0.2, 0) is 4.84 Å². The van der Waals surface area contributed by atoms with Gasteiger partial charge in [0.25, 0.3) is 0 Å². The molecular formula is C4H8F3NO. The fourth-order valence-electron chi connectivity index (χ4n) is 0.0668. The average Bonchev–Trinajstić information content (AvgIpc) is 1.64. The normalized spacial score (nSPS) is 14.0. The second-order valence-electron chi connectivity index (χ2n) is 2.13. The minimum absolute atomic E-state index is 0.854. The lowest BCUT2D eigenvalue weighted by Crippen LogP contribution is -2.43. The van der Waals surface area contributed by atoms with Crippen LogP contribution in [0.25, 0.3) is 0 Å². The molecule has 9 heavy (non-hydrogen) atoms. The van der Waals surface area contributed by atoms with Crippen LogP contribution in [0.5, 0.6) is 0 Å². The van der Waals surface area contributed by atoms with Crippen molar-refractivity contribution in [1.82, 2.24) is 0 Å². The molecule has 0 aliphatic heterocycles. The van der Waals surface area contributed by atoms with Crippen molar-refractivity contribution in [2.24, 2.45) is 5.90 Å². The standard InChI is InChI=1S/C4H8F3NO/c1-3(2,9-8)4(5,6)7/h8H2,1-2H3. The molecule has 0 saturated heterocycles. The molecule has 0 fully saturated rings. The predicted molar refractivity (Wildman–Crippen MR) is 25.4 cm³/mol. The molecule has 0 rings (SSSR count). The van der Waals surface area contributed by atoms with Crippen LogP contribution in [0, 0.1) is 0 Å². The molecule has 0 spiro atoms. The van der Waals surface area contributed by atoms with E-state index in [-0.39, 0.29) is 0 Å². The molecule has 0 aromatic heterocycles. The Morgan fingerprint density at radius 3 is 1.56 bits per heavy atom. The molecule has 56 valence electrons. The highest BCUT2D eigenvalue weighted by atomic mass is 19.4. The SMILES string of the molecule is CC(C)(ON)C(F)(F)F. The number of alkyl halides is 3. The lowest BCUT2D eigenvalue weighted by atomic mass is 10.1. The fraction of sp³-hybridized carbons (Fsp3) is 1.00. The highest BCUT2D eigenvalue weighted by Gasteiger charge is 2.48. The summed E-state index contributed by atoms with van der Waals surface area (Å²) in [7, 11) is 0. The number of nitrogens with two attached hydrogens (primary N) is 1. The van der Waals surface area contributed by atoms with E-state index in [2.05, 4.69) is 10.7 Å². The second-order valence-corrected chi connectivity index (χ2v) is 2.13. The Morgan fingerprint density at radius 2 is 1.56 bits per heavy atom. The van der Waals surface area contributed by atoms with Crippen LogP contribution in [-0.4, -0.2) is 11.8 Å². The Labute approximate surface area is 50.7 Å². The van der Waals surface area contributed by atoms with Crippen molar-refractivity contribution in [3.05, 3.63) is 0 Å². The summed E-state index contributed by atoms with van der Waals surface area (Å²) in [5.74, 6) is 4.37. The molecule has 5 heteroatoms. The molecule has 0 aliphatic rings. The largest absolute Gasteiger partial charge is 0.418 e. The van der Waals surface area contributed by atoms with Gasteiger partial charge < -0.3 is 0 Å². The van der Waals surface area contributed by atoms with Crippen LogP contribution >= 0.6 is 0 Å². The highest BCUT2D eigenvalue weighted by Crippen LogP contribution is 2.31. The van der Waals surface area contributed by atoms with Crippen molar-refractivity contribution in [2.75, 3.05) is 0 Å². The highest BCUT2D eigenvalue weighted by molar-refractivity contribution is 4.76. The number of hydrogen-bond acceptors (Lipinski definition) is 2. The smallest absolute Gasteiger partial charge is 0.289 e. The minimum Gasteiger partial charge on any atom is -0.289 e. The summed E-state index contributed by atoms with van der Waals surface area (Å²) in [5.41, 5.74) is -2.24. The van der Waals surface area contributed by atoms with E-state index in [9.17, 15) is 13.2 Å². The van der Waals surface area contributed by atoms with E-state index in [1.54, 1.807) is 0 Å². The quantitative estimate of drug-likeness (QED) is 0.560. The zero-order valence-electron chi connectivity index (χ0n) is 5.12. The Morgan fingerprint density at radius 1 is 1.22 bits per heavy atom. The molecule has 0 radical (unpaired) electrons. The number of halogens is 3. The Hall–Kier alpha value is -0.290. The van der Waals surface area contributed by atoms with Gasteiger partial charge in [0.2, 0.25) is 0 Å². The molecule has 2 N–H and O–H groups in total. The number of hydrogen-bond donors (Lipinski definition) is 1. The summed E-state index contributed by atoms with van der Waals surface area (Å²) in [5, 5.41) is 0. The summed E-state index contributed by atoms with van der Waals surface area (Å²) in [4.78, 5) is 3.68. The molecule has 0 aliphatic carbocycles. The van der Waals surface area contributed by atoms with Gasteiger partial charge in [0.1, 0.15) is 0 Å². The summed E-state index contributed by atoms with van der Waals surface area (Å²) < 4.78 is 34.9. The first-order valence-corrected chi connectivity index (χ1v) is 2.26. The molecule has 0 saturated carbocycles. The summed E-state index contributed by atoms with van der Waals surface area (Å²) in [6.45, 7) is 1.71. The molecule has 2 nitrogen and oxygen atoms in total. The molecule has 0 atom stereocenters. The maximum Gasteiger partial charge on any atom is 0.418 e. The van der Waals surface area contributed by atoms with Crippen molar-refractivity contribution in [3.8, 4) is 0 Å². The first kappa shape index (κ1) is 8.71. The molecule has 0 unspecified atom stereocenters. The Balaban J connectivity index is 4.14. The second kappa shape index (κ2) is 2.15. The van der Waals surface area contributed by atoms with Gasteiger partial charge >= 0.3 is 6.18 Å². The molecule has 0 heterocycles. The van der Waals surface area contributed by atoms with Gasteiger partial charge in [-0.05, 0) is 13.8 Å².